The molecule has 0 radical (unpaired) electrons. The van der Waals surface area contributed by atoms with Gasteiger partial charge in [0.05, 0.1) is 0 Å². The lowest BCUT2D eigenvalue weighted by molar-refractivity contribution is 0.182. The highest BCUT2D eigenvalue weighted by Gasteiger charge is 2.19. The molecule has 2 aromatic heterocycles. The van der Waals surface area contributed by atoms with E-state index in [0.717, 1.165) is 38.6 Å². The van der Waals surface area contributed by atoms with Gasteiger partial charge in [-0.05, 0) is 68.3 Å². The van der Waals surface area contributed by atoms with Gasteiger partial charge in [0.15, 0.2) is 5.96 Å². The molecule has 0 spiro atoms. The van der Waals surface area contributed by atoms with Crippen LogP contribution in [0.3, 0.4) is 0 Å². The molecule has 0 atom stereocenters. The first-order chi connectivity index (χ1) is 13.7. The van der Waals surface area contributed by atoms with Crippen LogP contribution in [0.25, 0.3) is 0 Å². The lowest BCUT2D eigenvalue weighted by atomic mass is 9.97. The third kappa shape index (κ3) is 8.78. The minimum Gasteiger partial charge on any atom is -0.357 e. The van der Waals surface area contributed by atoms with Crippen molar-refractivity contribution in [2.45, 2.75) is 32.7 Å². The Morgan fingerprint density at radius 2 is 2.10 bits per heavy atom. The van der Waals surface area contributed by atoms with Crippen molar-refractivity contribution >= 4 is 52.9 Å². The number of likely N-dealkylation sites (tertiary alicyclic amines) is 1. The Hall–Kier alpha value is -0.900. The Balaban J connectivity index is 0.00000300. The van der Waals surface area contributed by atoms with Gasteiger partial charge >= 0.3 is 0 Å². The second-order valence-electron chi connectivity index (χ2n) is 7.18. The molecule has 160 valence electrons. The predicted molar refractivity (Wildman–Crippen MR) is 135 cm³/mol. The maximum Gasteiger partial charge on any atom is 0.191 e. The summed E-state index contributed by atoms with van der Waals surface area (Å²) < 4.78 is 0. The van der Waals surface area contributed by atoms with Crippen LogP contribution in [0.5, 0.6) is 0 Å². The van der Waals surface area contributed by atoms with Crippen LogP contribution in [0, 0.1) is 5.92 Å². The molecule has 29 heavy (non-hydrogen) atoms. The molecule has 3 rings (SSSR count). The van der Waals surface area contributed by atoms with Crippen molar-refractivity contribution in [1.29, 1.82) is 0 Å². The van der Waals surface area contributed by atoms with Crippen LogP contribution < -0.4 is 10.6 Å². The maximum absolute atomic E-state index is 5.84. The maximum atomic E-state index is 5.84. The summed E-state index contributed by atoms with van der Waals surface area (Å²) in [5.41, 5.74) is 1.17. The molecule has 8 heteroatoms. The van der Waals surface area contributed by atoms with Crippen molar-refractivity contribution in [3.8, 4) is 0 Å². The minimum absolute atomic E-state index is 0. The number of guanidine groups is 1. The number of nitrogens with one attached hydrogen (secondary N) is 2. The topological polar surface area (TPSA) is 52.6 Å². The molecule has 1 saturated heterocycles. The second kappa shape index (κ2) is 13.4. The summed E-state index contributed by atoms with van der Waals surface area (Å²) in [5, 5.41) is 9.48. The summed E-state index contributed by atoms with van der Waals surface area (Å²) in [6, 6.07) is 8.22. The summed E-state index contributed by atoms with van der Waals surface area (Å²) in [6.45, 7) is 8.13. The third-order valence-corrected chi connectivity index (χ3v) is 6.10. The second-order valence-corrected chi connectivity index (χ2v) is 8.60. The number of hydrogen-bond donors (Lipinski definition) is 2. The zero-order chi connectivity index (χ0) is 19.6. The Labute approximate surface area is 200 Å². The van der Waals surface area contributed by atoms with Crippen LogP contribution in [0.1, 0.15) is 30.2 Å². The predicted octanol–water partition coefficient (Wildman–Crippen LogP) is 4.42. The van der Waals surface area contributed by atoms with E-state index in [1.54, 1.807) is 0 Å². The smallest absolute Gasteiger partial charge is 0.191 e. The van der Waals surface area contributed by atoms with Gasteiger partial charge in [-0.25, -0.2) is 4.98 Å². The van der Waals surface area contributed by atoms with E-state index >= 15 is 0 Å². The molecule has 3 heterocycles. The average molecular weight is 548 g/mol. The number of thiophene rings is 1. The van der Waals surface area contributed by atoms with E-state index in [-0.39, 0.29) is 24.0 Å². The summed E-state index contributed by atoms with van der Waals surface area (Å²) in [4.78, 5) is 13.0. The first-order valence-electron chi connectivity index (χ1n) is 10.1. The highest BCUT2D eigenvalue weighted by Crippen LogP contribution is 2.20. The molecular weight excluding hydrogens is 517 g/mol. The molecule has 0 aromatic carbocycles. The molecule has 0 aliphatic carbocycles. The van der Waals surface area contributed by atoms with E-state index in [2.05, 4.69) is 45.0 Å². The van der Waals surface area contributed by atoms with Gasteiger partial charge in [-0.2, -0.15) is 0 Å². The highest BCUT2D eigenvalue weighted by atomic mass is 127. The molecule has 2 aromatic rings. The summed E-state index contributed by atoms with van der Waals surface area (Å²) >= 11 is 7.69. The van der Waals surface area contributed by atoms with E-state index in [4.69, 9.17) is 16.6 Å². The van der Waals surface area contributed by atoms with Gasteiger partial charge in [0.2, 0.25) is 0 Å². The Bertz CT molecular complexity index is 715. The third-order valence-electron chi connectivity index (χ3n) is 5.01. The SMILES string of the molecule is CCNC(=NCC1CCN(Cc2cccs2)CC1)NCCc1ccc(Cl)nc1.I. The number of hydrogen-bond acceptors (Lipinski definition) is 4. The van der Waals surface area contributed by atoms with Crippen molar-refractivity contribution in [3.63, 3.8) is 0 Å². The van der Waals surface area contributed by atoms with E-state index < -0.39 is 0 Å². The van der Waals surface area contributed by atoms with Crippen LogP contribution >= 0.6 is 46.9 Å². The van der Waals surface area contributed by atoms with Crippen LogP contribution in [-0.4, -0.2) is 48.6 Å². The van der Waals surface area contributed by atoms with Gasteiger partial charge in [0.25, 0.3) is 0 Å². The Kier molecular flexibility index (Phi) is 11.3. The molecule has 1 aliphatic heterocycles. The number of halogens is 2. The highest BCUT2D eigenvalue weighted by molar-refractivity contribution is 14.0. The normalized spacial score (nSPS) is 15.7. The number of nitrogens with zero attached hydrogens (tertiary/aromatic N) is 3. The number of aliphatic imine (C=N–C) groups is 1. The van der Waals surface area contributed by atoms with E-state index in [9.17, 15) is 0 Å². The van der Waals surface area contributed by atoms with E-state index in [0.29, 0.717) is 11.1 Å². The van der Waals surface area contributed by atoms with Crippen molar-refractivity contribution in [1.82, 2.24) is 20.5 Å². The number of pyridine rings is 1. The van der Waals surface area contributed by atoms with Crippen molar-refractivity contribution in [3.05, 3.63) is 51.4 Å². The summed E-state index contributed by atoms with van der Waals surface area (Å²) in [6.07, 6.45) is 5.18. The molecule has 0 saturated carbocycles. The van der Waals surface area contributed by atoms with Crippen molar-refractivity contribution < 1.29 is 0 Å². The fraction of sp³-hybridized carbons (Fsp3) is 0.524. The minimum atomic E-state index is 0. The lowest BCUT2D eigenvalue weighted by Gasteiger charge is -2.31. The van der Waals surface area contributed by atoms with Gasteiger partial charge < -0.3 is 10.6 Å². The van der Waals surface area contributed by atoms with Gasteiger partial charge in [-0.15, -0.1) is 35.3 Å². The largest absolute Gasteiger partial charge is 0.357 e. The van der Waals surface area contributed by atoms with Gasteiger partial charge in [0.1, 0.15) is 5.15 Å². The molecule has 0 amide bonds. The standard InChI is InChI=1S/C21H30ClN5S.HI/c1-2-23-21(24-10-7-17-5-6-20(22)25-14-17)26-15-18-8-11-27(12-9-18)16-19-4-3-13-28-19;/h3-6,13-14,18H,2,7-12,15-16H2,1H3,(H2,23,24,26);1H. The lowest BCUT2D eigenvalue weighted by Crippen LogP contribution is -2.39. The van der Waals surface area contributed by atoms with Gasteiger partial charge in [0, 0.05) is 37.3 Å². The molecule has 0 unspecified atom stereocenters. The van der Waals surface area contributed by atoms with Crippen molar-refractivity contribution in [2.24, 2.45) is 10.9 Å². The van der Waals surface area contributed by atoms with Crippen molar-refractivity contribution in [2.75, 3.05) is 32.7 Å². The van der Waals surface area contributed by atoms with Crippen LogP contribution in [0.15, 0.2) is 40.8 Å². The molecule has 2 N–H and O–H groups in total. The number of piperidine rings is 1. The first kappa shape index (κ1) is 24.4. The molecular formula is C21H31ClIN5S. The quantitative estimate of drug-likeness (QED) is 0.222. The molecule has 0 bridgehead atoms. The number of rotatable bonds is 8. The van der Waals surface area contributed by atoms with E-state index in [1.807, 2.05) is 29.7 Å². The fourth-order valence-electron chi connectivity index (χ4n) is 3.39. The molecule has 5 nitrogen and oxygen atoms in total. The Morgan fingerprint density at radius 1 is 1.28 bits per heavy atom. The summed E-state index contributed by atoms with van der Waals surface area (Å²) in [7, 11) is 0. The van der Waals surface area contributed by atoms with E-state index in [1.165, 1.54) is 36.4 Å². The monoisotopic (exact) mass is 547 g/mol. The van der Waals surface area contributed by atoms with Gasteiger partial charge in [-0.1, -0.05) is 23.7 Å². The molecule has 1 fully saturated rings. The van der Waals surface area contributed by atoms with Crippen LogP contribution in [0.2, 0.25) is 5.15 Å². The van der Waals surface area contributed by atoms with Crippen LogP contribution in [0.4, 0.5) is 0 Å². The zero-order valence-corrected chi connectivity index (χ0v) is 20.8. The zero-order valence-electron chi connectivity index (χ0n) is 16.9. The Morgan fingerprint density at radius 3 is 2.76 bits per heavy atom. The average Bonchev–Trinajstić information content (AvgIpc) is 3.22. The molecule has 1 aliphatic rings. The van der Waals surface area contributed by atoms with Gasteiger partial charge in [-0.3, -0.25) is 9.89 Å². The fourth-order valence-corrected chi connectivity index (χ4v) is 4.25. The van der Waals surface area contributed by atoms with Crippen LogP contribution in [-0.2, 0) is 13.0 Å². The number of aromatic nitrogens is 1. The summed E-state index contributed by atoms with van der Waals surface area (Å²) in [5.74, 6) is 1.58. The first-order valence-corrected chi connectivity index (χ1v) is 11.4.